The smallest absolute Gasteiger partial charge is 0.293 e. The summed E-state index contributed by atoms with van der Waals surface area (Å²) in [4.78, 5) is 17.6. The van der Waals surface area contributed by atoms with Crippen molar-refractivity contribution in [1.29, 1.82) is 0 Å². The summed E-state index contributed by atoms with van der Waals surface area (Å²) in [6, 6.07) is 0. The van der Waals surface area contributed by atoms with E-state index in [-0.39, 0.29) is 17.6 Å². The van der Waals surface area contributed by atoms with Gasteiger partial charge in [-0.2, -0.15) is 0 Å². The first-order chi connectivity index (χ1) is 7.58. The number of aromatic nitrogens is 3. The molecule has 6 nitrogen and oxygen atoms in total. The van der Waals surface area contributed by atoms with Gasteiger partial charge >= 0.3 is 0 Å². The lowest BCUT2D eigenvalue weighted by atomic mass is 10.2. The number of carbonyl (C=O) groups is 1. The number of aromatic amines is 1. The Kier molecular flexibility index (Phi) is 2.91. The third kappa shape index (κ3) is 2.06. The van der Waals surface area contributed by atoms with Crippen molar-refractivity contribution in [3.8, 4) is 0 Å². The lowest BCUT2D eigenvalue weighted by Gasteiger charge is -2.12. The minimum absolute atomic E-state index is 0.192. The topological polar surface area (TPSA) is 82.1 Å². The first kappa shape index (κ1) is 11.1. The van der Waals surface area contributed by atoms with Crippen LogP contribution in [0.2, 0.25) is 0 Å². The van der Waals surface area contributed by atoms with E-state index in [0.717, 1.165) is 0 Å². The minimum Gasteiger partial charge on any atom is -0.391 e. The molecule has 2 N–H and O–H groups in total. The van der Waals surface area contributed by atoms with Gasteiger partial charge in [-0.3, -0.25) is 9.89 Å². The summed E-state index contributed by atoms with van der Waals surface area (Å²) in [5, 5.41) is 16.0. The molecule has 1 aromatic rings. The van der Waals surface area contributed by atoms with E-state index in [4.69, 9.17) is 0 Å². The second kappa shape index (κ2) is 4.21. The number of rotatable bonds is 2. The summed E-state index contributed by atoms with van der Waals surface area (Å²) in [5.41, 5.74) is 0. The van der Waals surface area contributed by atoms with Crippen molar-refractivity contribution in [3.05, 3.63) is 11.6 Å². The molecule has 2 rings (SSSR count). The quantitative estimate of drug-likeness (QED) is 0.748. The van der Waals surface area contributed by atoms with E-state index in [0.29, 0.717) is 25.3 Å². The number of nitrogens with zero attached hydrogens (tertiary/aromatic N) is 3. The molecule has 1 aliphatic rings. The predicted octanol–water partition coefficient (Wildman–Crippen LogP) is 0.135. The van der Waals surface area contributed by atoms with Crippen molar-refractivity contribution in [2.45, 2.75) is 32.3 Å². The van der Waals surface area contributed by atoms with Crippen LogP contribution in [0.15, 0.2) is 0 Å². The average molecular weight is 224 g/mol. The zero-order valence-corrected chi connectivity index (χ0v) is 9.47. The molecule has 1 aromatic heterocycles. The molecule has 0 aromatic carbocycles. The maximum atomic E-state index is 11.9. The number of hydrogen-bond donors (Lipinski definition) is 2. The fraction of sp³-hybridized carbons (Fsp3) is 0.700. The fourth-order valence-corrected chi connectivity index (χ4v) is 1.70. The summed E-state index contributed by atoms with van der Waals surface area (Å²) in [7, 11) is 0. The molecule has 0 spiro atoms. The van der Waals surface area contributed by atoms with Crippen molar-refractivity contribution in [1.82, 2.24) is 20.1 Å². The molecule has 1 amide bonds. The molecular weight excluding hydrogens is 208 g/mol. The predicted molar refractivity (Wildman–Crippen MR) is 57.0 cm³/mol. The van der Waals surface area contributed by atoms with Crippen LogP contribution >= 0.6 is 0 Å². The minimum atomic E-state index is -0.410. The molecule has 1 saturated heterocycles. The summed E-state index contributed by atoms with van der Waals surface area (Å²) in [6.45, 7) is 4.92. The number of aliphatic hydroxyl groups is 1. The van der Waals surface area contributed by atoms with Crippen molar-refractivity contribution in [3.63, 3.8) is 0 Å². The number of nitrogens with one attached hydrogen (secondary N) is 1. The van der Waals surface area contributed by atoms with E-state index in [2.05, 4.69) is 15.2 Å². The number of likely N-dealkylation sites (tertiary alicyclic amines) is 1. The Labute approximate surface area is 93.7 Å². The zero-order chi connectivity index (χ0) is 11.7. The SMILES string of the molecule is CC(C)c1nc(C(=O)N2CCC(O)C2)n[nH]1. The van der Waals surface area contributed by atoms with Crippen LogP contribution in [0.4, 0.5) is 0 Å². The summed E-state index contributed by atoms with van der Waals surface area (Å²) in [5.74, 6) is 0.916. The second-order valence-electron chi connectivity index (χ2n) is 4.39. The van der Waals surface area contributed by atoms with E-state index in [1.165, 1.54) is 0 Å². The maximum absolute atomic E-state index is 11.9. The number of H-pyrrole nitrogens is 1. The highest BCUT2D eigenvalue weighted by Gasteiger charge is 2.27. The number of β-amino-alcohol motifs (C(OH)–C–C–N with tert-alkyl or cyclic N) is 1. The molecule has 0 radical (unpaired) electrons. The Morgan fingerprint density at radius 1 is 1.62 bits per heavy atom. The average Bonchev–Trinajstić information content (AvgIpc) is 2.84. The van der Waals surface area contributed by atoms with Crippen LogP contribution in [-0.4, -0.2) is 50.3 Å². The third-order valence-electron chi connectivity index (χ3n) is 2.69. The summed E-state index contributed by atoms with van der Waals surface area (Å²) in [6.07, 6.45) is 0.222. The van der Waals surface area contributed by atoms with Crippen molar-refractivity contribution in [2.24, 2.45) is 0 Å². The molecule has 0 bridgehead atoms. The zero-order valence-electron chi connectivity index (χ0n) is 9.47. The van der Waals surface area contributed by atoms with E-state index in [1.807, 2.05) is 13.8 Å². The van der Waals surface area contributed by atoms with Gasteiger partial charge in [-0.15, -0.1) is 5.10 Å². The van der Waals surface area contributed by atoms with E-state index >= 15 is 0 Å². The Bertz CT molecular complexity index is 388. The van der Waals surface area contributed by atoms with Crippen LogP contribution in [0, 0.1) is 0 Å². The van der Waals surface area contributed by atoms with E-state index < -0.39 is 6.10 Å². The molecule has 88 valence electrons. The fourth-order valence-electron chi connectivity index (χ4n) is 1.70. The summed E-state index contributed by atoms with van der Waals surface area (Å²) >= 11 is 0. The Hall–Kier alpha value is -1.43. The lowest BCUT2D eigenvalue weighted by molar-refractivity contribution is 0.0753. The molecule has 16 heavy (non-hydrogen) atoms. The van der Waals surface area contributed by atoms with Crippen molar-refractivity contribution >= 4 is 5.91 Å². The Morgan fingerprint density at radius 2 is 2.38 bits per heavy atom. The number of amides is 1. The van der Waals surface area contributed by atoms with Gasteiger partial charge in [-0.25, -0.2) is 4.98 Å². The van der Waals surface area contributed by atoms with Crippen LogP contribution in [0.25, 0.3) is 0 Å². The van der Waals surface area contributed by atoms with Gasteiger partial charge < -0.3 is 10.0 Å². The van der Waals surface area contributed by atoms with Gasteiger partial charge in [0.05, 0.1) is 6.10 Å². The van der Waals surface area contributed by atoms with Gasteiger partial charge in [-0.1, -0.05) is 13.8 Å². The number of aliphatic hydroxyl groups excluding tert-OH is 1. The molecule has 1 atom stereocenters. The first-order valence-corrected chi connectivity index (χ1v) is 5.47. The van der Waals surface area contributed by atoms with Gasteiger partial charge in [0.15, 0.2) is 0 Å². The standard InChI is InChI=1S/C10H16N4O2/c1-6(2)8-11-9(13-12-8)10(16)14-4-3-7(15)5-14/h6-7,15H,3-5H2,1-2H3,(H,11,12,13). The van der Waals surface area contributed by atoms with Crippen LogP contribution in [0.3, 0.4) is 0 Å². The third-order valence-corrected chi connectivity index (χ3v) is 2.69. The monoisotopic (exact) mass is 224 g/mol. The normalized spacial score (nSPS) is 20.8. The maximum Gasteiger partial charge on any atom is 0.293 e. The lowest BCUT2D eigenvalue weighted by Crippen LogP contribution is -2.30. The molecular formula is C10H16N4O2. The second-order valence-corrected chi connectivity index (χ2v) is 4.39. The molecule has 1 aliphatic heterocycles. The highest BCUT2D eigenvalue weighted by atomic mass is 16.3. The molecule has 1 unspecified atom stereocenters. The number of hydrogen-bond acceptors (Lipinski definition) is 4. The Morgan fingerprint density at radius 3 is 2.88 bits per heavy atom. The van der Waals surface area contributed by atoms with E-state index in [1.54, 1.807) is 4.90 Å². The van der Waals surface area contributed by atoms with E-state index in [9.17, 15) is 9.90 Å². The number of carbonyl (C=O) groups excluding carboxylic acids is 1. The van der Waals surface area contributed by atoms with Gasteiger partial charge in [0.25, 0.3) is 5.91 Å². The van der Waals surface area contributed by atoms with Crippen molar-refractivity contribution < 1.29 is 9.90 Å². The van der Waals surface area contributed by atoms with Gasteiger partial charge in [0.1, 0.15) is 5.82 Å². The molecule has 1 fully saturated rings. The van der Waals surface area contributed by atoms with Crippen LogP contribution in [-0.2, 0) is 0 Å². The van der Waals surface area contributed by atoms with Gasteiger partial charge in [0.2, 0.25) is 5.82 Å². The van der Waals surface area contributed by atoms with Crippen LogP contribution < -0.4 is 0 Å². The van der Waals surface area contributed by atoms with Crippen LogP contribution in [0.5, 0.6) is 0 Å². The first-order valence-electron chi connectivity index (χ1n) is 5.47. The Balaban J connectivity index is 2.09. The largest absolute Gasteiger partial charge is 0.391 e. The molecule has 2 heterocycles. The highest BCUT2D eigenvalue weighted by Crippen LogP contribution is 2.13. The highest BCUT2D eigenvalue weighted by molar-refractivity contribution is 5.90. The van der Waals surface area contributed by atoms with Crippen LogP contribution in [0.1, 0.15) is 42.6 Å². The molecule has 0 saturated carbocycles. The molecule has 6 heteroatoms. The van der Waals surface area contributed by atoms with Gasteiger partial charge in [0, 0.05) is 19.0 Å². The molecule has 0 aliphatic carbocycles. The van der Waals surface area contributed by atoms with Crippen molar-refractivity contribution in [2.75, 3.05) is 13.1 Å². The summed E-state index contributed by atoms with van der Waals surface area (Å²) < 4.78 is 0. The van der Waals surface area contributed by atoms with Gasteiger partial charge in [-0.05, 0) is 6.42 Å².